The predicted molar refractivity (Wildman–Crippen MR) is 153 cm³/mol. The lowest BCUT2D eigenvalue weighted by Gasteiger charge is -2.25. The van der Waals surface area contributed by atoms with E-state index in [1.54, 1.807) is 48.9 Å². The van der Waals surface area contributed by atoms with Crippen LogP contribution in [-0.4, -0.2) is 38.5 Å². The monoisotopic (exact) mass is 540 g/mol. The van der Waals surface area contributed by atoms with Crippen molar-refractivity contribution in [2.45, 2.75) is 57.5 Å². The molecule has 0 saturated heterocycles. The third-order valence-electron chi connectivity index (χ3n) is 7.30. The fourth-order valence-electron chi connectivity index (χ4n) is 5.21. The summed E-state index contributed by atoms with van der Waals surface area (Å²) in [4.78, 5) is 41.7. The number of rotatable bonds is 9. The highest BCUT2D eigenvalue weighted by molar-refractivity contribution is 6.02. The molecule has 40 heavy (non-hydrogen) atoms. The summed E-state index contributed by atoms with van der Waals surface area (Å²) in [6.07, 6.45) is 12.0. The van der Waals surface area contributed by atoms with Gasteiger partial charge in [-0.15, -0.1) is 0 Å². The average molecular weight is 541 g/mol. The molecule has 2 aromatic carbocycles. The molecule has 4 aromatic rings. The molecule has 1 fully saturated rings. The SMILES string of the molecule is CC[C@@H](NC(=O)c1ccc2c(c1)nc(-c1ccoc1)n2C1CCCCC1)C(=O)Nc1ccc(/C=C/C(=O)O)cc1. The number of imidazole rings is 1. The van der Waals surface area contributed by atoms with Crippen molar-refractivity contribution in [1.82, 2.24) is 14.9 Å². The molecule has 0 aliphatic heterocycles. The van der Waals surface area contributed by atoms with Crippen LogP contribution >= 0.6 is 0 Å². The van der Waals surface area contributed by atoms with Crippen LogP contribution in [0, 0.1) is 0 Å². The Morgan fingerprint density at radius 1 is 1.10 bits per heavy atom. The van der Waals surface area contributed by atoms with Crippen LogP contribution in [0.15, 0.2) is 71.6 Å². The molecule has 206 valence electrons. The van der Waals surface area contributed by atoms with Gasteiger partial charge in [-0.05, 0) is 67.3 Å². The first-order valence-corrected chi connectivity index (χ1v) is 13.6. The van der Waals surface area contributed by atoms with Gasteiger partial charge in [0.15, 0.2) is 0 Å². The van der Waals surface area contributed by atoms with E-state index in [0.29, 0.717) is 29.3 Å². The largest absolute Gasteiger partial charge is 0.478 e. The van der Waals surface area contributed by atoms with E-state index >= 15 is 0 Å². The summed E-state index contributed by atoms with van der Waals surface area (Å²) in [7, 11) is 0. The average Bonchev–Trinajstić information content (AvgIpc) is 3.63. The van der Waals surface area contributed by atoms with Gasteiger partial charge < -0.3 is 24.7 Å². The first kappa shape index (κ1) is 26.9. The number of aliphatic carboxylic acids is 1. The molecule has 9 nitrogen and oxygen atoms in total. The van der Waals surface area contributed by atoms with Crippen LogP contribution in [0.25, 0.3) is 28.5 Å². The predicted octanol–water partition coefficient (Wildman–Crippen LogP) is 6.05. The summed E-state index contributed by atoms with van der Waals surface area (Å²) >= 11 is 0. The van der Waals surface area contributed by atoms with Gasteiger partial charge in [-0.25, -0.2) is 9.78 Å². The Morgan fingerprint density at radius 3 is 2.55 bits per heavy atom. The van der Waals surface area contributed by atoms with Gasteiger partial charge in [0.05, 0.1) is 22.9 Å². The lowest BCUT2D eigenvalue weighted by Crippen LogP contribution is -2.43. The fraction of sp³-hybridized carbons (Fsp3) is 0.290. The number of carboxylic acids is 1. The van der Waals surface area contributed by atoms with Crippen molar-refractivity contribution in [3.63, 3.8) is 0 Å². The molecular weight excluding hydrogens is 508 g/mol. The summed E-state index contributed by atoms with van der Waals surface area (Å²) in [5.41, 5.74) is 4.28. The van der Waals surface area contributed by atoms with Gasteiger partial charge in [0.25, 0.3) is 5.91 Å². The van der Waals surface area contributed by atoms with Crippen LogP contribution in [0.3, 0.4) is 0 Å². The first-order chi connectivity index (χ1) is 19.4. The molecule has 2 amide bonds. The Labute approximate surface area is 231 Å². The van der Waals surface area contributed by atoms with Crippen molar-refractivity contribution >= 4 is 40.6 Å². The van der Waals surface area contributed by atoms with Gasteiger partial charge in [-0.2, -0.15) is 0 Å². The molecule has 0 spiro atoms. The zero-order valence-corrected chi connectivity index (χ0v) is 22.3. The van der Waals surface area contributed by atoms with Crippen molar-refractivity contribution in [3.8, 4) is 11.4 Å². The number of carboxylic acid groups (broad SMARTS) is 1. The highest BCUT2D eigenvalue weighted by Crippen LogP contribution is 2.36. The Kier molecular flexibility index (Phi) is 8.10. The van der Waals surface area contributed by atoms with Gasteiger partial charge in [-0.3, -0.25) is 9.59 Å². The van der Waals surface area contributed by atoms with Crippen molar-refractivity contribution < 1.29 is 23.9 Å². The van der Waals surface area contributed by atoms with Crippen LogP contribution in [0.5, 0.6) is 0 Å². The van der Waals surface area contributed by atoms with Crippen molar-refractivity contribution in [1.29, 1.82) is 0 Å². The van der Waals surface area contributed by atoms with Crippen LogP contribution in [0.1, 0.15) is 67.4 Å². The van der Waals surface area contributed by atoms with Gasteiger partial charge in [0, 0.05) is 23.4 Å². The number of benzene rings is 2. The van der Waals surface area contributed by atoms with E-state index in [4.69, 9.17) is 14.5 Å². The number of hydrogen-bond acceptors (Lipinski definition) is 5. The summed E-state index contributed by atoms with van der Waals surface area (Å²) in [6.45, 7) is 1.83. The van der Waals surface area contributed by atoms with E-state index in [1.165, 1.54) is 25.3 Å². The second-order valence-corrected chi connectivity index (χ2v) is 10.0. The van der Waals surface area contributed by atoms with Gasteiger partial charge in [-0.1, -0.05) is 38.3 Å². The summed E-state index contributed by atoms with van der Waals surface area (Å²) in [6, 6.07) is 13.8. The molecular formula is C31H32N4O5. The van der Waals surface area contributed by atoms with Crippen LogP contribution in [0.2, 0.25) is 0 Å². The number of amides is 2. The highest BCUT2D eigenvalue weighted by atomic mass is 16.4. The molecule has 2 heterocycles. The Hall–Kier alpha value is -4.66. The number of nitrogens with one attached hydrogen (secondary N) is 2. The number of hydrogen-bond donors (Lipinski definition) is 3. The number of anilines is 1. The minimum atomic E-state index is -1.03. The maximum absolute atomic E-state index is 13.2. The van der Waals surface area contributed by atoms with Crippen LogP contribution in [-0.2, 0) is 9.59 Å². The van der Waals surface area contributed by atoms with Crippen LogP contribution in [0.4, 0.5) is 5.69 Å². The first-order valence-electron chi connectivity index (χ1n) is 13.6. The quantitative estimate of drug-likeness (QED) is 0.222. The number of carbonyl (C=O) groups is 3. The zero-order valence-electron chi connectivity index (χ0n) is 22.3. The van der Waals surface area contributed by atoms with Gasteiger partial charge in [0.2, 0.25) is 5.91 Å². The van der Waals surface area contributed by atoms with Crippen molar-refractivity contribution in [2.24, 2.45) is 0 Å². The van der Waals surface area contributed by atoms with E-state index in [0.717, 1.165) is 41.3 Å². The van der Waals surface area contributed by atoms with E-state index in [9.17, 15) is 14.4 Å². The Morgan fingerprint density at radius 2 is 1.88 bits per heavy atom. The molecule has 0 radical (unpaired) electrons. The molecule has 1 aliphatic carbocycles. The second kappa shape index (κ2) is 12.0. The lowest BCUT2D eigenvalue weighted by molar-refractivity contribution is -0.131. The van der Waals surface area contributed by atoms with E-state index in [-0.39, 0.29) is 11.8 Å². The van der Waals surface area contributed by atoms with Gasteiger partial charge in [0.1, 0.15) is 18.1 Å². The molecule has 1 atom stereocenters. The Bertz CT molecular complexity index is 1530. The highest BCUT2D eigenvalue weighted by Gasteiger charge is 2.24. The molecule has 1 aliphatic rings. The standard InChI is InChI=1S/C31H32N4O5/c1-2-25(31(39)32-23-12-8-20(9-13-23)10-15-28(36)37)34-30(38)21-11-14-27-26(18-21)33-29(22-16-17-40-19-22)35(27)24-6-4-3-5-7-24/h8-19,24-25H,2-7H2,1H3,(H,32,39)(H,34,38)(H,36,37)/b15-10+/t25-/m1/s1. The maximum atomic E-state index is 13.2. The van der Waals surface area contributed by atoms with E-state index in [1.807, 2.05) is 19.1 Å². The summed E-state index contributed by atoms with van der Waals surface area (Å²) in [5, 5.41) is 14.4. The number of furan rings is 1. The number of nitrogens with zero attached hydrogens (tertiary/aromatic N) is 2. The fourth-order valence-corrected chi connectivity index (χ4v) is 5.21. The second-order valence-electron chi connectivity index (χ2n) is 10.0. The molecule has 9 heteroatoms. The Balaban J connectivity index is 1.32. The number of carbonyl (C=O) groups excluding carboxylic acids is 2. The van der Waals surface area contributed by atoms with Crippen molar-refractivity contribution in [3.05, 3.63) is 78.3 Å². The third kappa shape index (κ3) is 5.98. The number of fused-ring (bicyclic) bond motifs is 1. The van der Waals surface area contributed by atoms with E-state index in [2.05, 4.69) is 15.2 Å². The maximum Gasteiger partial charge on any atom is 0.328 e. The molecule has 1 saturated carbocycles. The van der Waals surface area contributed by atoms with Crippen molar-refractivity contribution in [2.75, 3.05) is 5.32 Å². The molecule has 2 aromatic heterocycles. The molecule has 0 unspecified atom stereocenters. The third-order valence-corrected chi connectivity index (χ3v) is 7.30. The van der Waals surface area contributed by atoms with E-state index < -0.39 is 12.0 Å². The molecule has 5 rings (SSSR count). The zero-order chi connectivity index (χ0) is 28.1. The minimum Gasteiger partial charge on any atom is -0.478 e. The molecule has 0 bridgehead atoms. The lowest BCUT2D eigenvalue weighted by atomic mass is 9.95. The van der Waals surface area contributed by atoms with Crippen LogP contribution < -0.4 is 10.6 Å². The topological polar surface area (TPSA) is 126 Å². The smallest absolute Gasteiger partial charge is 0.328 e. The molecule has 3 N–H and O–H groups in total. The normalized spacial score (nSPS) is 14.8. The number of aromatic nitrogens is 2. The minimum absolute atomic E-state index is 0.338. The van der Waals surface area contributed by atoms with Gasteiger partial charge >= 0.3 is 5.97 Å². The summed E-state index contributed by atoms with van der Waals surface area (Å²) < 4.78 is 7.62. The summed E-state index contributed by atoms with van der Waals surface area (Å²) in [5.74, 6) is -0.887.